The van der Waals surface area contributed by atoms with Crippen LogP contribution in [0, 0.1) is 0 Å². The molecule has 0 radical (unpaired) electrons. The third-order valence-corrected chi connectivity index (χ3v) is 13.7. The van der Waals surface area contributed by atoms with Gasteiger partial charge in [-0.3, -0.25) is 0 Å². The van der Waals surface area contributed by atoms with Crippen LogP contribution in [-0.4, -0.2) is 170 Å². The zero-order valence-corrected chi connectivity index (χ0v) is 51.5. The van der Waals surface area contributed by atoms with Gasteiger partial charge in [0.25, 0.3) is 0 Å². The van der Waals surface area contributed by atoms with Crippen LogP contribution in [0.15, 0.2) is 48.5 Å². The average Bonchev–Trinajstić information content (AvgIpc) is 0.945. The van der Waals surface area contributed by atoms with Crippen LogP contribution >= 0.6 is 0 Å². The molecule has 0 spiro atoms. The van der Waals surface area contributed by atoms with E-state index in [1.165, 1.54) is 146 Å². The molecule has 6 rings (SSSR count). The van der Waals surface area contributed by atoms with Crippen LogP contribution in [0.5, 0.6) is 126 Å². The molecule has 470 valence electrons. The second-order valence-corrected chi connectivity index (χ2v) is 17.7. The van der Waals surface area contributed by atoms with Crippen LogP contribution in [0.3, 0.4) is 0 Å². The summed E-state index contributed by atoms with van der Waals surface area (Å²) in [6, 6.07) is 12.5. The van der Waals surface area contributed by atoms with Crippen molar-refractivity contribution in [2.45, 2.75) is 18.3 Å². The van der Waals surface area contributed by atoms with Crippen molar-refractivity contribution >= 4 is 0 Å². The van der Waals surface area contributed by atoms with Crippen molar-refractivity contribution in [1.82, 2.24) is 0 Å². The van der Waals surface area contributed by atoms with Gasteiger partial charge in [0.1, 0.15) is 67.7 Å². The van der Waals surface area contributed by atoms with E-state index in [0.717, 1.165) is 0 Å². The van der Waals surface area contributed by atoms with Crippen LogP contribution in [0.4, 0.5) is 0 Å². The molecule has 0 amide bonds. The number of ether oxygens (including phenoxy) is 22. The van der Waals surface area contributed by atoms with E-state index in [1.54, 1.807) is 30.3 Å². The fourth-order valence-electron chi connectivity index (χ4n) is 9.68. The van der Waals surface area contributed by atoms with Crippen LogP contribution in [-0.2, 0) is 0 Å². The van der Waals surface area contributed by atoms with Crippen LogP contribution in [0.2, 0.25) is 0 Å². The summed E-state index contributed by atoms with van der Waals surface area (Å²) < 4.78 is 129. The number of aliphatic hydroxyl groups excluding tert-OH is 3. The first kappa shape index (κ1) is 65.9. The SMILES string of the molecule is COc1cc(OC)c(C(O)c2cc(OCCOc3c(OC)c(OC)cc(C(O)c4cc(OC)c(OC)c(OC)c4OCCOc4cc(OC)c(OC)c(OC)c4C(O)c4c(OC)cc(OC)c(OC)c4OC)c3OC)c(OC)cc2OC)cc1OC. The summed E-state index contributed by atoms with van der Waals surface area (Å²) in [6.07, 6.45) is -4.52. The summed E-state index contributed by atoms with van der Waals surface area (Å²) in [4.78, 5) is 0. The molecule has 3 unspecified atom stereocenters. The molecule has 0 saturated heterocycles. The lowest BCUT2D eigenvalue weighted by Gasteiger charge is -2.26. The van der Waals surface area contributed by atoms with E-state index < -0.39 is 18.3 Å². The average molecular weight is 1210 g/mol. The number of benzene rings is 6. The fraction of sp³-hybridized carbons (Fsp3) is 0.410. The summed E-state index contributed by atoms with van der Waals surface area (Å²) in [5, 5.41) is 37.1. The molecule has 0 aliphatic rings. The van der Waals surface area contributed by atoms with Crippen molar-refractivity contribution in [1.29, 1.82) is 0 Å². The molecule has 0 bridgehead atoms. The Morgan fingerprint density at radius 3 is 0.919 bits per heavy atom. The van der Waals surface area contributed by atoms with Gasteiger partial charge in [-0.1, -0.05) is 0 Å². The van der Waals surface area contributed by atoms with E-state index in [9.17, 15) is 15.3 Å². The van der Waals surface area contributed by atoms with E-state index in [4.69, 9.17) is 104 Å². The Morgan fingerprint density at radius 1 is 0.209 bits per heavy atom. The van der Waals surface area contributed by atoms with Crippen LogP contribution in [0.1, 0.15) is 51.7 Å². The molecule has 25 nitrogen and oxygen atoms in total. The largest absolute Gasteiger partial charge is 0.496 e. The molecule has 0 saturated carbocycles. The molecule has 3 atom stereocenters. The second-order valence-electron chi connectivity index (χ2n) is 17.7. The molecule has 25 heteroatoms. The van der Waals surface area contributed by atoms with Gasteiger partial charge in [-0.25, -0.2) is 0 Å². The van der Waals surface area contributed by atoms with Crippen molar-refractivity contribution in [3.63, 3.8) is 0 Å². The Kier molecular flexibility index (Phi) is 23.4. The highest BCUT2D eigenvalue weighted by Crippen LogP contribution is 2.57. The minimum atomic E-state index is -1.62. The smallest absolute Gasteiger partial charge is 0.208 e. The molecule has 0 fully saturated rings. The maximum atomic E-state index is 12.7. The minimum Gasteiger partial charge on any atom is -0.496 e. The molecule has 86 heavy (non-hydrogen) atoms. The third kappa shape index (κ3) is 13.0. The molecule has 3 N–H and O–H groups in total. The normalized spacial score (nSPS) is 11.8. The summed E-state index contributed by atoms with van der Waals surface area (Å²) in [7, 11) is 25.8. The van der Waals surface area contributed by atoms with E-state index >= 15 is 0 Å². The highest BCUT2D eigenvalue weighted by Gasteiger charge is 2.36. The lowest BCUT2D eigenvalue weighted by Crippen LogP contribution is -2.16. The Labute approximate surface area is 499 Å². The van der Waals surface area contributed by atoms with Gasteiger partial charge in [0.2, 0.25) is 34.5 Å². The maximum Gasteiger partial charge on any atom is 0.208 e. The topological polar surface area (TPSA) is 264 Å². The molecule has 0 heterocycles. The zero-order valence-electron chi connectivity index (χ0n) is 51.5. The van der Waals surface area contributed by atoms with E-state index in [1.807, 2.05) is 0 Å². The molecule has 0 aromatic heterocycles. The first-order chi connectivity index (χ1) is 41.6. The number of hydrogen-bond donors (Lipinski definition) is 3. The Morgan fingerprint density at radius 2 is 0.488 bits per heavy atom. The van der Waals surface area contributed by atoms with Gasteiger partial charge in [-0.15, -0.1) is 0 Å². The predicted molar refractivity (Wildman–Crippen MR) is 311 cm³/mol. The first-order valence-electron chi connectivity index (χ1n) is 26.1. The molecule has 0 aliphatic carbocycles. The lowest BCUT2D eigenvalue weighted by molar-refractivity contribution is 0.172. The highest BCUT2D eigenvalue weighted by molar-refractivity contribution is 5.70. The Balaban J connectivity index is 1.36. The highest BCUT2D eigenvalue weighted by atomic mass is 16.6. The Hall–Kier alpha value is -9.20. The summed E-state index contributed by atoms with van der Waals surface area (Å²) in [5.41, 5.74) is 1.10. The third-order valence-electron chi connectivity index (χ3n) is 13.7. The molecular formula is C61H76O25. The number of rotatable bonds is 34. The predicted octanol–water partition coefficient (Wildman–Crippen LogP) is 8.00. The summed E-state index contributed by atoms with van der Waals surface area (Å²) in [5.74, 6) is 3.75. The van der Waals surface area contributed by atoms with Gasteiger partial charge in [-0.2, -0.15) is 0 Å². The molecule has 6 aromatic carbocycles. The lowest BCUT2D eigenvalue weighted by atomic mass is 9.96. The van der Waals surface area contributed by atoms with Gasteiger partial charge in [0.15, 0.2) is 69.0 Å². The summed E-state index contributed by atoms with van der Waals surface area (Å²) >= 11 is 0. The van der Waals surface area contributed by atoms with Crippen molar-refractivity contribution in [2.75, 3.05) is 154 Å². The van der Waals surface area contributed by atoms with Crippen molar-refractivity contribution < 1.29 is 120 Å². The molecule has 6 aromatic rings. The monoisotopic (exact) mass is 1210 g/mol. The standard InChI is InChI=1S/C61H76O25/c1-65-35-27-38(68-4)37(67-3)23-31(35)49(62)32-24-40(39(69-5)28-36(32)66-2)83-19-22-86-61-52(75-11)33(25-44(72-8)57(61)79-15)50(63)34-26-43(71-7)56(78-14)60(82-18)53(34)85-21-20-84-42-30-46(74-10)55(77-13)59(81-17)48(42)51(64)47-41(70-6)29-45(73-9)54(76-12)58(47)80-16/h23-30,49-51,62-64H,19-22H2,1-18H3. The van der Waals surface area contributed by atoms with E-state index in [0.29, 0.717) is 28.4 Å². The van der Waals surface area contributed by atoms with Crippen LogP contribution < -0.4 is 104 Å². The van der Waals surface area contributed by atoms with E-state index in [-0.39, 0.29) is 158 Å². The maximum absolute atomic E-state index is 12.7. The number of methoxy groups -OCH3 is 18. The van der Waals surface area contributed by atoms with Gasteiger partial charge in [0.05, 0.1) is 139 Å². The Bertz CT molecular complexity index is 3250. The van der Waals surface area contributed by atoms with Gasteiger partial charge in [-0.05, 0) is 24.3 Å². The number of hydrogen-bond acceptors (Lipinski definition) is 25. The molecular weight excluding hydrogens is 1130 g/mol. The zero-order chi connectivity index (χ0) is 62.9. The fourth-order valence-corrected chi connectivity index (χ4v) is 9.68. The van der Waals surface area contributed by atoms with Crippen molar-refractivity contribution in [3.05, 3.63) is 81.9 Å². The number of aliphatic hydroxyl groups is 3. The van der Waals surface area contributed by atoms with Crippen LogP contribution in [0.25, 0.3) is 0 Å². The van der Waals surface area contributed by atoms with Gasteiger partial charge in [0, 0.05) is 46.5 Å². The van der Waals surface area contributed by atoms with Gasteiger partial charge >= 0.3 is 0 Å². The van der Waals surface area contributed by atoms with Gasteiger partial charge < -0.3 is 120 Å². The van der Waals surface area contributed by atoms with Crippen molar-refractivity contribution in [2.24, 2.45) is 0 Å². The quantitative estimate of drug-likeness (QED) is 0.0323. The second kappa shape index (κ2) is 30.6. The van der Waals surface area contributed by atoms with E-state index in [2.05, 4.69) is 0 Å². The summed E-state index contributed by atoms with van der Waals surface area (Å²) in [6.45, 7) is -0.712. The first-order valence-corrected chi connectivity index (χ1v) is 26.1. The minimum absolute atomic E-state index is 0.00130. The van der Waals surface area contributed by atoms with Crippen molar-refractivity contribution in [3.8, 4) is 126 Å². The molecule has 0 aliphatic heterocycles.